The largest absolute Gasteiger partial charge is 0.462 e. The van der Waals surface area contributed by atoms with Crippen molar-refractivity contribution in [2.75, 3.05) is 79.3 Å². The fourth-order valence-electron chi connectivity index (χ4n) is 12.8. The third kappa shape index (κ3) is 75.6. The number of unbranched alkanes of at least 4 members (excludes halogenated alkanes) is 38. The summed E-state index contributed by atoms with van der Waals surface area (Å²) < 4.78 is 74.4. The fraction of sp³-hybridized carbons (Fsp3) is 0.885. The van der Waals surface area contributed by atoms with Gasteiger partial charge < -0.3 is 58.3 Å². The molecule has 0 saturated heterocycles. The molecule has 22 heteroatoms. The van der Waals surface area contributed by atoms with Crippen LogP contribution in [-0.4, -0.2) is 139 Å². The van der Waals surface area contributed by atoms with Gasteiger partial charge in [-0.3, -0.25) is 37.9 Å². The number of esters is 2. The van der Waals surface area contributed by atoms with E-state index in [9.17, 15) is 37.9 Å². The van der Waals surface area contributed by atoms with Gasteiger partial charge in [0.05, 0.1) is 64.9 Å². The lowest BCUT2D eigenvalue weighted by Crippen LogP contribution is -2.41. The number of nitrogens with one attached hydrogen (secondary N) is 4. The van der Waals surface area contributed by atoms with E-state index in [0.717, 1.165) is 154 Å². The highest BCUT2D eigenvalue weighted by Gasteiger charge is 2.25. The Bertz CT molecular complexity index is 2160. The minimum absolute atomic E-state index is 0.0700. The van der Waals surface area contributed by atoms with Crippen LogP contribution < -0.4 is 21.3 Å². The third-order valence-corrected chi connectivity index (χ3v) is 22.1. The van der Waals surface area contributed by atoms with Crippen LogP contribution >= 0.6 is 15.2 Å². The number of carbonyl (C=O) groups is 6. The van der Waals surface area contributed by atoms with Crippen molar-refractivity contribution in [2.45, 2.75) is 419 Å². The molecule has 0 saturated carbocycles. The van der Waals surface area contributed by atoms with Crippen molar-refractivity contribution < 1.29 is 74.9 Å². The Morgan fingerprint density at radius 3 is 0.908 bits per heavy atom. The number of hydrogen-bond donors (Lipinski definition) is 4. The Morgan fingerprint density at radius 2 is 0.587 bits per heavy atom. The monoisotopic (exact) mass is 1590 g/mol. The van der Waals surface area contributed by atoms with Crippen molar-refractivity contribution in [3.8, 4) is 0 Å². The molecule has 4 amide bonds. The van der Waals surface area contributed by atoms with Gasteiger partial charge in [0.2, 0.25) is 23.6 Å². The van der Waals surface area contributed by atoms with Crippen molar-refractivity contribution in [3.63, 3.8) is 0 Å². The van der Waals surface area contributed by atoms with Gasteiger partial charge in [-0.1, -0.05) is 284 Å². The first kappa shape index (κ1) is 106. The van der Waals surface area contributed by atoms with E-state index in [0.29, 0.717) is 38.5 Å². The molecule has 0 radical (unpaired) electrons. The Kier molecular flexibility index (Phi) is 75.9. The van der Waals surface area contributed by atoms with E-state index in [1.165, 1.54) is 167 Å². The minimum Gasteiger partial charge on any atom is -0.462 e. The predicted octanol–water partition coefficient (Wildman–Crippen LogP) is 22.4. The van der Waals surface area contributed by atoms with Gasteiger partial charge in [0.15, 0.2) is 0 Å². The first-order valence-corrected chi connectivity index (χ1v) is 48.6. The number of hydrogen-bond acceptors (Lipinski definition) is 16. The van der Waals surface area contributed by atoms with Crippen LogP contribution in [0.3, 0.4) is 0 Å². The predicted molar refractivity (Wildman–Crippen MR) is 448 cm³/mol. The maximum absolute atomic E-state index is 13.6. The van der Waals surface area contributed by atoms with Crippen molar-refractivity contribution in [3.05, 3.63) is 24.3 Å². The summed E-state index contributed by atoms with van der Waals surface area (Å²) in [6.45, 7) is 15.7. The molecule has 0 aliphatic heterocycles. The molecule has 0 fully saturated rings. The molecular formula is C87H166N4O16P2. The molecule has 0 aliphatic rings. The molecule has 0 spiro atoms. The smallest absolute Gasteiger partial charge is 0.327 e. The van der Waals surface area contributed by atoms with Gasteiger partial charge in [-0.2, -0.15) is 0 Å². The summed E-state index contributed by atoms with van der Waals surface area (Å²) in [6, 6.07) is -1.30. The van der Waals surface area contributed by atoms with Crippen LogP contribution in [0.2, 0.25) is 0 Å². The molecule has 0 heterocycles. The molecule has 4 N–H and O–H groups in total. The Balaban J connectivity index is 5.55. The Morgan fingerprint density at radius 1 is 0.303 bits per heavy atom. The number of carbonyl (C=O) groups excluding carboxylic acids is 6. The second kappa shape index (κ2) is 78.4. The zero-order chi connectivity index (χ0) is 80.0. The molecule has 6 atom stereocenters. The highest BCUT2D eigenvalue weighted by atomic mass is 31.2. The molecule has 0 aromatic heterocycles. The van der Waals surface area contributed by atoms with Crippen LogP contribution in [0.25, 0.3) is 0 Å². The first-order valence-electron chi connectivity index (χ1n) is 44.6. The summed E-state index contributed by atoms with van der Waals surface area (Å²) in [5.74, 6) is -1.93. The van der Waals surface area contributed by atoms with Crippen LogP contribution in [0, 0.1) is 0 Å². The van der Waals surface area contributed by atoms with Gasteiger partial charge in [0.25, 0.3) is 0 Å². The highest BCUT2D eigenvalue weighted by molar-refractivity contribution is 7.53. The minimum atomic E-state index is -3.72. The van der Waals surface area contributed by atoms with Crippen LogP contribution in [0.15, 0.2) is 24.3 Å². The lowest BCUT2D eigenvalue weighted by atomic mass is 10.1. The summed E-state index contributed by atoms with van der Waals surface area (Å²) in [5.41, 5.74) is 0. The van der Waals surface area contributed by atoms with Crippen LogP contribution in [-0.2, 0) is 74.9 Å². The quantitative estimate of drug-likeness (QED) is 0.0145. The van der Waals surface area contributed by atoms with E-state index >= 15 is 0 Å². The first-order chi connectivity index (χ1) is 52.9. The summed E-state index contributed by atoms with van der Waals surface area (Å²) in [5, 5.41) is 11.3. The lowest BCUT2D eigenvalue weighted by Gasteiger charge is -2.23. The van der Waals surface area contributed by atoms with Crippen LogP contribution in [0.1, 0.15) is 395 Å². The van der Waals surface area contributed by atoms with E-state index in [-0.39, 0.29) is 102 Å². The topological polar surface area (TPSA) is 259 Å². The van der Waals surface area contributed by atoms with Gasteiger partial charge in [0.1, 0.15) is 18.6 Å². The van der Waals surface area contributed by atoms with E-state index in [1.807, 2.05) is 0 Å². The molecule has 0 rings (SSSR count). The zero-order valence-corrected chi connectivity index (χ0v) is 72.8. The molecule has 0 aromatic carbocycles. The van der Waals surface area contributed by atoms with Gasteiger partial charge in [-0.25, -0.2) is 0 Å². The van der Waals surface area contributed by atoms with E-state index < -0.39 is 45.5 Å². The zero-order valence-electron chi connectivity index (χ0n) is 71.0. The normalized spacial score (nSPS) is 13.9. The maximum atomic E-state index is 13.6. The summed E-state index contributed by atoms with van der Waals surface area (Å²) >= 11 is 0. The fourth-order valence-corrected chi connectivity index (χ4v) is 14.7. The van der Waals surface area contributed by atoms with E-state index in [4.69, 9.17) is 37.0 Å². The number of amides is 4. The van der Waals surface area contributed by atoms with Crippen LogP contribution in [0.5, 0.6) is 0 Å². The van der Waals surface area contributed by atoms with Gasteiger partial charge in [-0.05, 0) is 89.9 Å². The molecule has 20 nitrogen and oxygen atoms in total. The van der Waals surface area contributed by atoms with Crippen molar-refractivity contribution in [1.29, 1.82) is 0 Å². The van der Waals surface area contributed by atoms with Gasteiger partial charge >= 0.3 is 27.1 Å². The SMILES string of the molecule is CCCCCC/C=C\CCCC(=O)OC(CCCCCCC)CCOCC(COP(C)(=O)OCCNC(=O)CC(=O)NCCOP(C)(=O)OCC(COCCC(CCCCCCC)OC(=O)CCC/C=C\CCCCCC)NC(=O)CCCCCCCCCCCCC)NC(=O)CCCCCCCCCCCCC. The van der Waals surface area contributed by atoms with Gasteiger partial charge in [0, 0.05) is 64.9 Å². The lowest BCUT2D eigenvalue weighted by molar-refractivity contribution is -0.151. The molecule has 0 aliphatic carbocycles. The maximum Gasteiger partial charge on any atom is 0.327 e. The average Bonchev–Trinajstić information content (AvgIpc) is 0.933. The molecule has 6 unspecified atom stereocenters. The molecule has 0 aromatic rings. The van der Waals surface area contributed by atoms with E-state index in [2.05, 4.69) is 87.1 Å². The molecule has 640 valence electrons. The van der Waals surface area contributed by atoms with Crippen molar-refractivity contribution in [1.82, 2.24) is 21.3 Å². The second-order valence-corrected chi connectivity index (χ2v) is 34.7. The summed E-state index contributed by atoms with van der Waals surface area (Å²) in [4.78, 5) is 78.5. The van der Waals surface area contributed by atoms with Crippen molar-refractivity contribution in [2.24, 2.45) is 0 Å². The number of allylic oxidation sites excluding steroid dienone is 4. The molecule has 0 bridgehead atoms. The standard InChI is InChI=1S/C87H166N4O16P2/c1-9-15-21-27-31-35-37-41-43-49-55-61-82(92)90-78(74-100-69-65-80(59-53-47-25-19-13-5)106-86(96)63-57-51-45-39-33-29-23-17-11-3)76-104-108(7,98)102-71-67-88-84(94)73-85(95)89-68-72-103-109(8,99)105-77-79(91-83(93)62-56-50-44-42-38-36-32-28-22-16-10-2)75-101-70-66-81(60-54-48-26-20-14-6)107-87(97)64-58-52-46-40-34-30-24-18-12-4/h39-40,45-46,78-81H,9-38,41-44,47-77H2,1-8H3,(H,88,94)(H,89,95)(H,90,92)(H,91,93)/b45-39-,46-40-. The molecule has 109 heavy (non-hydrogen) atoms. The Labute approximate surface area is 666 Å². The number of rotatable bonds is 84. The van der Waals surface area contributed by atoms with Gasteiger partial charge in [-0.15, -0.1) is 0 Å². The average molecular weight is 1590 g/mol. The Hall–Kier alpha value is -3.48. The van der Waals surface area contributed by atoms with Crippen LogP contribution in [0.4, 0.5) is 0 Å². The van der Waals surface area contributed by atoms with E-state index in [1.54, 1.807) is 0 Å². The second-order valence-electron chi connectivity index (χ2n) is 30.6. The third-order valence-electron chi connectivity index (χ3n) is 19.5. The highest BCUT2D eigenvalue weighted by Crippen LogP contribution is 2.44. The number of ether oxygens (including phenoxy) is 4. The summed E-state index contributed by atoms with van der Waals surface area (Å²) in [7, 11) is -7.43. The molecular weight excluding hydrogens is 1420 g/mol. The summed E-state index contributed by atoms with van der Waals surface area (Å²) in [6.07, 6.45) is 63.2. The van der Waals surface area contributed by atoms with Crippen molar-refractivity contribution >= 4 is 50.8 Å².